The van der Waals surface area contributed by atoms with Crippen LogP contribution in [0.1, 0.15) is 46.1 Å². The molecule has 0 spiro atoms. The minimum atomic E-state index is 0.303. The van der Waals surface area contributed by atoms with Crippen LogP contribution in [-0.2, 0) is 11.3 Å². The van der Waals surface area contributed by atoms with E-state index in [0.717, 1.165) is 38.8 Å². The first-order valence-electron chi connectivity index (χ1n) is 7.60. The molecule has 2 nitrogen and oxygen atoms in total. The van der Waals surface area contributed by atoms with Crippen LogP contribution in [0.4, 0.5) is 0 Å². The Kier molecular flexibility index (Phi) is 11.2. The molecule has 1 aromatic rings. The molecular formula is C17H29NO. The maximum absolute atomic E-state index is 10.6. The topological polar surface area (TPSA) is 20.3 Å². The quantitative estimate of drug-likeness (QED) is 0.764. The van der Waals surface area contributed by atoms with Gasteiger partial charge in [0.05, 0.1) is 0 Å². The van der Waals surface area contributed by atoms with Crippen LogP contribution in [0.15, 0.2) is 30.3 Å². The molecule has 0 saturated carbocycles. The Balaban J connectivity index is 0.000000741. The summed E-state index contributed by atoms with van der Waals surface area (Å²) in [5.74, 6) is 0.303. The molecule has 1 aromatic carbocycles. The number of hydrogen-bond acceptors (Lipinski definition) is 2. The van der Waals surface area contributed by atoms with E-state index < -0.39 is 0 Å². The first-order chi connectivity index (χ1) is 9.38. The van der Waals surface area contributed by atoms with Crippen LogP contribution in [0, 0.1) is 5.92 Å². The van der Waals surface area contributed by atoms with E-state index in [1.165, 1.54) is 5.56 Å². The van der Waals surface area contributed by atoms with Crippen LogP contribution in [0.3, 0.4) is 0 Å². The Hall–Kier alpha value is -1.15. The molecule has 1 aliphatic rings. The molecule has 0 bridgehead atoms. The Morgan fingerprint density at radius 1 is 1.05 bits per heavy atom. The molecular weight excluding hydrogens is 234 g/mol. The molecule has 0 atom stereocenters. The number of carbonyl (C=O) groups excluding carboxylic acids is 1. The molecule has 0 unspecified atom stereocenters. The van der Waals surface area contributed by atoms with Crippen LogP contribution < -0.4 is 0 Å². The van der Waals surface area contributed by atoms with Crippen LogP contribution in [0.2, 0.25) is 0 Å². The number of benzene rings is 1. The Morgan fingerprint density at radius 2 is 1.58 bits per heavy atom. The van der Waals surface area contributed by atoms with Crippen LogP contribution in [0.5, 0.6) is 0 Å². The van der Waals surface area contributed by atoms with Gasteiger partial charge in [-0.3, -0.25) is 4.90 Å². The van der Waals surface area contributed by atoms with Crippen LogP contribution >= 0.6 is 0 Å². The summed E-state index contributed by atoms with van der Waals surface area (Å²) in [6, 6.07) is 10.5. The minimum absolute atomic E-state index is 0.303. The van der Waals surface area contributed by atoms with E-state index in [1.807, 2.05) is 33.8 Å². The van der Waals surface area contributed by atoms with Crippen molar-refractivity contribution in [2.75, 3.05) is 13.1 Å². The summed E-state index contributed by atoms with van der Waals surface area (Å²) in [7, 11) is 0. The van der Waals surface area contributed by atoms with Crippen molar-refractivity contribution in [3.8, 4) is 0 Å². The van der Waals surface area contributed by atoms with E-state index in [1.54, 1.807) is 0 Å². The lowest BCUT2D eigenvalue weighted by Gasteiger charge is -2.29. The zero-order valence-corrected chi connectivity index (χ0v) is 12.9. The molecule has 1 heterocycles. The molecule has 1 saturated heterocycles. The summed E-state index contributed by atoms with van der Waals surface area (Å²) < 4.78 is 0. The molecule has 1 aliphatic heterocycles. The third-order valence-corrected chi connectivity index (χ3v) is 3.07. The van der Waals surface area contributed by atoms with Gasteiger partial charge in [-0.1, -0.05) is 58.0 Å². The summed E-state index contributed by atoms with van der Waals surface area (Å²) in [5.41, 5.74) is 1.36. The van der Waals surface area contributed by atoms with Gasteiger partial charge in [0.2, 0.25) is 0 Å². The monoisotopic (exact) mass is 263 g/mol. The number of nitrogens with zero attached hydrogens (tertiary/aromatic N) is 1. The lowest BCUT2D eigenvalue weighted by molar-refractivity contribution is -0.112. The third-order valence-electron chi connectivity index (χ3n) is 3.07. The second-order valence-electron chi connectivity index (χ2n) is 4.24. The minimum Gasteiger partial charge on any atom is -0.303 e. The number of piperidine rings is 1. The standard InChI is InChI=1S/C13H17NO.2C2H6/c15-11-13-6-8-14(9-7-13)10-12-4-2-1-3-5-12;2*1-2/h1-5,11,13H,6-10H2;2*1-2H3. The van der Waals surface area contributed by atoms with Gasteiger partial charge in [-0.2, -0.15) is 0 Å². The zero-order valence-electron chi connectivity index (χ0n) is 12.9. The fraction of sp³-hybridized carbons (Fsp3) is 0.588. The van der Waals surface area contributed by atoms with Crippen molar-refractivity contribution < 1.29 is 4.79 Å². The first-order valence-corrected chi connectivity index (χ1v) is 7.60. The molecule has 0 N–H and O–H groups in total. The molecule has 0 aliphatic carbocycles. The Bertz CT molecular complexity index is 302. The smallest absolute Gasteiger partial charge is 0.123 e. The van der Waals surface area contributed by atoms with Gasteiger partial charge in [0, 0.05) is 12.5 Å². The molecule has 1 fully saturated rings. The summed E-state index contributed by atoms with van der Waals surface area (Å²) in [6.07, 6.45) is 3.16. The molecule has 19 heavy (non-hydrogen) atoms. The van der Waals surface area contributed by atoms with Crippen molar-refractivity contribution in [3.05, 3.63) is 35.9 Å². The molecule has 0 radical (unpaired) electrons. The average molecular weight is 263 g/mol. The van der Waals surface area contributed by atoms with Gasteiger partial charge < -0.3 is 4.79 Å². The van der Waals surface area contributed by atoms with Gasteiger partial charge in [-0.05, 0) is 31.5 Å². The molecule has 2 rings (SSSR count). The zero-order chi connectivity index (χ0) is 14.5. The summed E-state index contributed by atoms with van der Waals surface area (Å²) in [6.45, 7) is 11.1. The molecule has 108 valence electrons. The maximum Gasteiger partial charge on any atom is 0.123 e. The van der Waals surface area contributed by atoms with Gasteiger partial charge in [-0.25, -0.2) is 0 Å². The number of rotatable bonds is 3. The predicted octanol–water partition coefficient (Wildman–Crippen LogP) is 4.15. The summed E-state index contributed by atoms with van der Waals surface area (Å²) >= 11 is 0. The highest BCUT2D eigenvalue weighted by atomic mass is 16.1. The average Bonchev–Trinajstić information content (AvgIpc) is 2.53. The second kappa shape index (κ2) is 11.9. The van der Waals surface area contributed by atoms with Crippen LogP contribution in [-0.4, -0.2) is 24.3 Å². The number of hydrogen-bond donors (Lipinski definition) is 0. The Morgan fingerprint density at radius 3 is 2.05 bits per heavy atom. The lowest BCUT2D eigenvalue weighted by atomic mass is 9.98. The van der Waals surface area contributed by atoms with Crippen molar-refractivity contribution in [2.45, 2.75) is 47.1 Å². The van der Waals surface area contributed by atoms with E-state index in [0.29, 0.717) is 5.92 Å². The molecule has 0 aromatic heterocycles. The Labute approximate surface area is 118 Å². The van der Waals surface area contributed by atoms with Crippen molar-refractivity contribution in [1.82, 2.24) is 4.90 Å². The van der Waals surface area contributed by atoms with Crippen LogP contribution in [0.25, 0.3) is 0 Å². The van der Waals surface area contributed by atoms with Gasteiger partial charge >= 0.3 is 0 Å². The van der Waals surface area contributed by atoms with E-state index in [9.17, 15) is 4.79 Å². The number of aldehydes is 1. The van der Waals surface area contributed by atoms with Gasteiger partial charge in [-0.15, -0.1) is 0 Å². The molecule has 0 amide bonds. The summed E-state index contributed by atoms with van der Waals surface area (Å²) in [5, 5.41) is 0. The highest BCUT2D eigenvalue weighted by Crippen LogP contribution is 2.16. The highest BCUT2D eigenvalue weighted by Gasteiger charge is 2.18. The van der Waals surface area contributed by atoms with Gasteiger partial charge in [0.1, 0.15) is 6.29 Å². The third kappa shape index (κ3) is 7.12. The van der Waals surface area contributed by atoms with Crippen molar-refractivity contribution in [1.29, 1.82) is 0 Å². The number of carbonyl (C=O) groups is 1. The first kappa shape index (κ1) is 17.8. The van der Waals surface area contributed by atoms with Gasteiger partial charge in [0.15, 0.2) is 0 Å². The highest BCUT2D eigenvalue weighted by molar-refractivity contribution is 5.53. The van der Waals surface area contributed by atoms with Crippen molar-refractivity contribution >= 4 is 6.29 Å². The fourth-order valence-corrected chi connectivity index (χ4v) is 2.09. The van der Waals surface area contributed by atoms with Crippen molar-refractivity contribution in [2.24, 2.45) is 5.92 Å². The lowest BCUT2D eigenvalue weighted by Crippen LogP contribution is -2.33. The van der Waals surface area contributed by atoms with E-state index >= 15 is 0 Å². The summed E-state index contributed by atoms with van der Waals surface area (Å²) in [4.78, 5) is 13.0. The van der Waals surface area contributed by atoms with E-state index in [-0.39, 0.29) is 0 Å². The van der Waals surface area contributed by atoms with Crippen molar-refractivity contribution in [3.63, 3.8) is 0 Å². The van der Waals surface area contributed by atoms with Gasteiger partial charge in [0.25, 0.3) is 0 Å². The normalized spacial score (nSPS) is 15.6. The maximum atomic E-state index is 10.6. The van der Waals surface area contributed by atoms with E-state index in [2.05, 4.69) is 29.2 Å². The SMILES string of the molecule is CC.CC.O=CC1CCN(Cc2ccccc2)CC1. The van der Waals surface area contributed by atoms with E-state index in [4.69, 9.17) is 0 Å². The number of likely N-dealkylation sites (tertiary alicyclic amines) is 1. The predicted molar refractivity (Wildman–Crippen MR) is 83.2 cm³/mol. The fourth-order valence-electron chi connectivity index (χ4n) is 2.09. The molecule has 2 heteroatoms. The second-order valence-corrected chi connectivity index (χ2v) is 4.24. The largest absolute Gasteiger partial charge is 0.303 e.